The predicted molar refractivity (Wildman–Crippen MR) is 93.1 cm³/mol. The van der Waals surface area contributed by atoms with Gasteiger partial charge in [0.2, 0.25) is 0 Å². The third-order valence-corrected chi connectivity index (χ3v) is 4.83. The number of aromatic amines is 1. The van der Waals surface area contributed by atoms with Crippen LogP contribution in [0.2, 0.25) is 5.02 Å². The van der Waals surface area contributed by atoms with Gasteiger partial charge >= 0.3 is 0 Å². The number of nitrogens with zero attached hydrogens (tertiary/aromatic N) is 3. The number of hydrogen-bond acceptors (Lipinski definition) is 3. The van der Waals surface area contributed by atoms with Gasteiger partial charge in [0.15, 0.2) is 5.65 Å². The van der Waals surface area contributed by atoms with Crippen LogP contribution < -0.4 is 0 Å². The van der Waals surface area contributed by atoms with Gasteiger partial charge in [0.05, 0.1) is 11.6 Å². The van der Waals surface area contributed by atoms with Crippen LogP contribution in [0.3, 0.4) is 0 Å². The molecule has 1 aliphatic heterocycles. The summed E-state index contributed by atoms with van der Waals surface area (Å²) in [6.07, 6.45) is 3.55. The summed E-state index contributed by atoms with van der Waals surface area (Å²) in [4.78, 5) is 19.2. The molecule has 0 radical (unpaired) electrons. The van der Waals surface area contributed by atoms with Gasteiger partial charge < -0.3 is 4.90 Å². The Balaban J connectivity index is 1.67. The molecular weight excluding hydrogens is 324 g/mol. The van der Waals surface area contributed by atoms with E-state index < -0.39 is 0 Å². The Kier molecular flexibility index (Phi) is 3.73. The predicted octanol–water partition coefficient (Wildman–Crippen LogP) is 3.90. The molecule has 0 spiro atoms. The lowest BCUT2D eigenvalue weighted by molar-refractivity contribution is 0.0735. The number of nitrogens with one attached hydrogen (secondary N) is 1. The maximum Gasteiger partial charge on any atom is 0.255 e. The van der Waals surface area contributed by atoms with Crippen molar-refractivity contribution in [3.05, 3.63) is 58.4 Å². The van der Waals surface area contributed by atoms with Crippen molar-refractivity contribution in [2.45, 2.75) is 25.8 Å². The Morgan fingerprint density at radius 2 is 2.25 bits per heavy atom. The average molecular weight is 341 g/mol. The Labute approximate surface area is 144 Å². The summed E-state index contributed by atoms with van der Waals surface area (Å²) >= 11 is 6.11. The van der Waals surface area contributed by atoms with Gasteiger partial charge in [0, 0.05) is 28.8 Å². The normalized spacial score (nSPS) is 17.6. The highest BCUT2D eigenvalue weighted by molar-refractivity contribution is 6.30. The largest absolute Gasteiger partial charge is 0.332 e. The summed E-state index contributed by atoms with van der Waals surface area (Å²) in [5.74, 6) is 0.00692. The molecule has 24 heavy (non-hydrogen) atoms. The van der Waals surface area contributed by atoms with E-state index in [9.17, 15) is 4.79 Å². The van der Waals surface area contributed by atoms with Gasteiger partial charge in [0.1, 0.15) is 0 Å². The molecule has 4 rings (SSSR count). The molecule has 0 saturated carbocycles. The van der Waals surface area contributed by atoms with E-state index in [1.54, 1.807) is 6.20 Å². The Morgan fingerprint density at radius 1 is 1.38 bits per heavy atom. The first-order valence-electron chi connectivity index (χ1n) is 8.00. The molecule has 3 heterocycles. The number of aromatic nitrogens is 3. The van der Waals surface area contributed by atoms with E-state index >= 15 is 0 Å². The molecule has 1 aliphatic rings. The number of hydrogen-bond donors (Lipinski definition) is 1. The van der Waals surface area contributed by atoms with Crippen LogP contribution in [0, 0.1) is 6.92 Å². The van der Waals surface area contributed by atoms with Crippen LogP contribution in [0.15, 0.2) is 36.5 Å². The van der Waals surface area contributed by atoms with Gasteiger partial charge in [-0.2, -0.15) is 5.10 Å². The zero-order valence-corrected chi connectivity index (χ0v) is 14.0. The minimum absolute atomic E-state index is 0.00692. The molecule has 1 N–H and O–H groups in total. The van der Waals surface area contributed by atoms with Crippen LogP contribution >= 0.6 is 11.6 Å². The van der Waals surface area contributed by atoms with E-state index in [1.807, 2.05) is 42.2 Å². The van der Waals surface area contributed by atoms with E-state index in [0.717, 1.165) is 36.0 Å². The molecule has 6 heteroatoms. The lowest BCUT2D eigenvalue weighted by atomic mass is 10.0. The molecule has 1 amide bonds. The van der Waals surface area contributed by atoms with Crippen molar-refractivity contribution in [3.8, 4) is 0 Å². The lowest BCUT2D eigenvalue weighted by Gasteiger charge is -2.25. The molecular formula is C18H17ClN4O. The van der Waals surface area contributed by atoms with Crippen molar-refractivity contribution in [1.29, 1.82) is 0 Å². The molecule has 1 fully saturated rings. The fourth-order valence-electron chi connectivity index (χ4n) is 3.37. The van der Waals surface area contributed by atoms with Crippen molar-refractivity contribution in [2.75, 3.05) is 6.54 Å². The highest BCUT2D eigenvalue weighted by Crippen LogP contribution is 2.34. The van der Waals surface area contributed by atoms with E-state index in [2.05, 4.69) is 15.2 Å². The minimum Gasteiger partial charge on any atom is -0.332 e. The Morgan fingerprint density at radius 3 is 3.08 bits per heavy atom. The molecule has 0 unspecified atom stereocenters. The second-order valence-corrected chi connectivity index (χ2v) is 6.59. The maximum absolute atomic E-state index is 13.0. The summed E-state index contributed by atoms with van der Waals surface area (Å²) in [6.45, 7) is 2.67. The van der Waals surface area contributed by atoms with Crippen molar-refractivity contribution < 1.29 is 4.79 Å². The number of pyridine rings is 1. The second kappa shape index (κ2) is 5.91. The molecule has 5 nitrogen and oxygen atoms in total. The van der Waals surface area contributed by atoms with Crippen molar-refractivity contribution in [1.82, 2.24) is 20.1 Å². The fraction of sp³-hybridized carbons (Fsp3) is 0.278. The van der Waals surface area contributed by atoms with Crippen molar-refractivity contribution >= 4 is 28.5 Å². The molecule has 0 aliphatic carbocycles. The molecule has 1 aromatic carbocycles. The van der Waals surface area contributed by atoms with Crippen LogP contribution in [0.5, 0.6) is 0 Å². The molecule has 1 saturated heterocycles. The first kappa shape index (κ1) is 15.1. The molecule has 0 bridgehead atoms. The number of amides is 1. The highest BCUT2D eigenvalue weighted by atomic mass is 35.5. The quantitative estimate of drug-likeness (QED) is 0.769. The van der Waals surface area contributed by atoms with E-state index in [0.29, 0.717) is 16.2 Å². The van der Waals surface area contributed by atoms with Crippen LogP contribution in [-0.4, -0.2) is 32.5 Å². The molecule has 1 atom stereocenters. The number of likely N-dealkylation sites (tertiary alicyclic amines) is 1. The Bertz CT molecular complexity index is 920. The number of H-pyrrole nitrogens is 1. The number of carbonyl (C=O) groups is 1. The first-order valence-corrected chi connectivity index (χ1v) is 8.38. The van der Waals surface area contributed by atoms with Crippen molar-refractivity contribution in [2.24, 2.45) is 0 Å². The lowest BCUT2D eigenvalue weighted by Crippen LogP contribution is -2.30. The van der Waals surface area contributed by atoms with E-state index in [-0.39, 0.29) is 11.9 Å². The van der Waals surface area contributed by atoms with Crippen LogP contribution in [0.1, 0.15) is 40.5 Å². The van der Waals surface area contributed by atoms with Gasteiger partial charge in [-0.15, -0.1) is 0 Å². The SMILES string of the molecule is Cc1[nH]nc2ncc(C(=O)N3CCC[C@H]3c3cccc(Cl)c3)cc12. The van der Waals surface area contributed by atoms with Gasteiger partial charge in [0.25, 0.3) is 5.91 Å². The molecule has 122 valence electrons. The van der Waals surface area contributed by atoms with Gasteiger partial charge in [-0.3, -0.25) is 9.89 Å². The van der Waals surface area contributed by atoms with Crippen molar-refractivity contribution in [3.63, 3.8) is 0 Å². The first-order chi connectivity index (χ1) is 11.6. The summed E-state index contributed by atoms with van der Waals surface area (Å²) in [5.41, 5.74) is 3.24. The monoisotopic (exact) mass is 340 g/mol. The van der Waals surface area contributed by atoms with Gasteiger partial charge in [-0.25, -0.2) is 4.98 Å². The number of halogens is 1. The smallest absolute Gasteiger partial charge is 0.255 e. The Hall–Kier alpha value is -2.40. The topological polar surface area (TPSA) is 61.9 Å². The summed E-state index contributed by atoms with van der Waals surface area (Å²) in [5, 5.41) is 8.60. The number of benzene rings is 1. The molecule has 3 aromatic rings. The van der Waals surface area contributed by atoms with Crippen LogP contribution in [-0.2, 0) is 0 Å². The van der Waals surface area contributed by atoms with Gasteiger partial charge in [-0.1, -0.05) is 23.7 Å². The third kappa shape index (κ3) is 2.55. The summed E-state index contributed by atoms with van der Waals surface area (Å²) < 4.78 is 0. The fourth-order valence-corrected chi connectivity index (χ4v) is 3.57. The number of rotatable bonds is 2. The number of aryl methyl sites for hydroxylation is 1. The summed E-state index contributed by atoms with van der Waals surface area (Å²) in [7, 11) is 0. The number of fused-ring (bicyclic) bond motifs is 1. The highest BCUT2D eigenvalue weighted by Gasteiger charge is 2.31. The molecule has 2 aromatic heterocycles. The van der Waals surface area contributed by atoms with E-state index in [1.165, 1.54) is 0 Å². The average Bonchev–Trinajstić information content (AvgIpc) is 3.21. The van der Waals surface area contributed by atoms with Crippen LogP contribution in [0.25, 0.3) is 11.0 Å². The summed E-state index contributed by atoms with van der Waals surface area (Å²) in [6, 6.07) is 9.70. The van der Waals surface area contributed by atoms with Gasteiger partial charge in [-0.05, 0) is 43.5 Å². The zero-order chi connectivity index (χ0) is 16.7. The standard InChI is InChI=1S/C18H17ClN4O/c1-11-15-9-13(10-20-17(15)22-21-11)18(24)23-7-3-6-16(23)12-4-2-5-14(19)8-12/h2,4-5,8-10,16H,3,6-7H2,1H3,(H,20,21,22)/t16-/m0/s1. The van der Waals surface area contributed by atoms with Crippen LogP contribution in [0.4, 0.5) is 0 Å². The van der Waals surface area contributed by atoms with E-state index in [4.69, 9.17) is 11.6 Å². The third-order valence-electron chi connectivity index (χ3n) is 4.59. The minimum atomic E-state index is 0.00692. The zero-order valence-electron chi connectivity index (χ0n) is 13.3. The number of carbonyl (C=O) groups excluding carboxylic acids is 1. The second-order valence-electron chi connectivity index (χ2n) is 6.16. The maximum atomic E-state index is 13.0.